The number of para-hydroxylation sites is 1. The second kappa shape index (κ2) is 9.87. The number of aromatic nitrogens is 2. The molecule has 1 heterocycles. The molecule has 5 nitrogen and oxygen atoms in total. The average molecular weight is 494 g/mol. The summed E-state index contributed by atoms with van der Waals surface area (Å²) in [5, 5.41) is 9.85. The number of hydrogen-bond acceptors (Lipinski definition) is 4. The van der Waals surface area contributed by atoms with Gasteiger partial charge in [0.25, 0.3) is 0 Å². The molecule has 3 aromatic carbocycles. The van der Waals surface area contributed by atoms with Crippen LogP contribution in [0.4, 0.5) is 10.2 Å². The van der Waals surface area contributed by atoms with Crippen LogP contribution in [0, 0.1) is 5.82 Å². The Morgan fingerprint density at radius 3 is 2.50 bits per heavy atom. The van der Waals surface area contributed by atoms with E-state index in [1.54, 1.807) is 12.1 Å². The second-order valence-electron chi connectivity index (χ2n) is 7.38. The molecule has 0 aliphatic rings. The average Bonchev–Trinajstić information content (AvgIpc) is 2.79. The number of halogens is 2. The predicted octanol–water partition coefficient (Wildman–Crippen LogP) is 5.72. The molecule has 4 rings (SSSR count). The maximum atomic E-state index is 14.8. The summed E-state index contributed by atoms with van der Waals surface area (Å²) in [5.41, 5.74) is 2.09. The quantitative estimate of drug-likeness (QED) is 0.339. The summed E-state index contributed by atoms with van der Waals surface area (Å²) in [4.78, 5) is 22.5. The van der Waals surface area contributed by atoms with Gasteiger partial charge in [0.05, 0.1) is 6.42 Å². The summed E-state index contributed by atoms with van der Waals surface area (Å²) in [7, 11) is 0. The number of rotatable bonds is 8. The summed E-state index contributed by atoms with van der Waals surface area (Å²) < 4.78 is 15.6. The predicted molar refractivity (Wildman–Crippen MR) is 127 cm³/mol. The standard InChI is InChI=1S/C25H21BrFN3O2/c26-19-9-4-8-18(16-19)24-28-23-20(10-5-11-21(23)27)25(29-24)30(15-13-22(31)32)14-12-17-6-2-1-3-7-17/h1-11,16H,12-15H2,(H,31,32). The number of hydrogen-bond donors (Lipinski definition) is 1. The third-order valence-corrected chi connectivity index (χ3v) is 5.64. The second-order valence-corrected chi connectivity index (χ2v) is 8.30. The van der Waals surface area contributed by atoms with E-state index >= 15 is 0 Å². The molecule has 0 amide bonds. The van der Waals surface area contributed by atoms with Crippen LogP contribution in [0.25, 0.3) is 22.3 Å². The molecule has 0 aliphatic heterocycles. The van der Waals surface area contributed by atoms with Crippen LogP contribution in [-0.2, 0) is 11.2 Å². The minimum atomic E-state index is -0.897. The van der Waals surface area contributed by atoms with Crippen LogP contribution in [-0.4, -0.2) is 34.1 Å². The lowest BCUT2D eigenvalue weighted by Crippen LogP contribution is -2.30. The molecule has 0 saturated carbocycles. The van der Waals surface area contributed by atoms with Crippen molar-refractivity contribution in [1.82, 2.24) is 9.97 Å². The van der Waals surface area contributed by atoms with Gasteiger partial charge in [-0.05, 0) is 36.2 Å². The highest BCUT2D eigenvalue weighted by atomic mass is 79.9. The Hall–Kier alpha value is -3.32. The number of carboxylic acids is 1. The minimum absolute atomic E-state index is 0.0537. The molecular weight excluding hydrogens is 473 g/mol. The van der Waals surface area contributed by atoms with Gasteiger partial charge in [0.1, 0.15) is 17.2 Å². The van der Waals surface area contributed by atoms with Crippen molar-refractivity contribution in [2.75, 3.05) is 18.0 Å². The molecule has 0 saturated heterocycles. The normalized spacial score (nSPS) is 10.9. The van der Waals surface area contributed by atoms with E-state index in [4.69, 9.17) is 4.98 Å². The maximum absolute atomic E-state index is 14.8. The van der Waals surface area contributed by atoms with Gasteiger partial charge < -0.3 is 10.0 Å². The first kappa shape index (κ1) is 21.9. The number of carbonyl (C=O) groups is 1. The topological polar surface area (TPSA) is 66.3 Å². The first-order valence-corrected chi connectivity index (χ1v) is 11.0. The number of benzene rings is 3. The van der Waals surface area contributed by atoms with Gasteiger partial charge in [-0.2, -0.15) is 0 Å². The lowest BCUT2D eigenvalue weighted by Gasteiger charge is -2.25. The van der Waals surface area contributed by atoms with E-state index in [-0.39, 0.29) is 18.5 Å². The number of fused-ring (bicyclic) bond motifs is 1. The van der Waals surface area contributed by atoms with Gasteiger partial charge in [-0.1, -0.05) is 64.5 Å². The van der Waals surface area contributed by atoms with Gasteiger partial charge in [-0.15, -0.1) is 0 Å². The van der Waals surface area contributed by atoms with Crippen LogP contribution in [0.2, 0.25) is 0 Å². The molecule has 7 heteroatoms. The summed E-state index contributed by atoms with van der Waals surface area (Å²) >= 11 is 3.46. The highest BCUT2D eigenvalue weighted by Gasteiger charge is 2.18. The molecule has 0 unspecified atom stereocenters. The zero-order valence-corrected chi connectivity index (χ0v) is 18.8. The summed E-state index contributed by atoms with van der Waals surface area (Å²) in [6.07, 6.45) is 0.648. The van der Waals surface area contributed by atoms with Crippen molar-refractivity contribution in [3.63, 3.8) is 0 Å². The summed E-state index contributed by atoms with van der Waals surface area (Å²) in [6, 6.07) is 22.2. The Labute approximate surface area is 193 Å². The third-order valence-electron chi connectivity index (χ3n) is 5.15. The zero-order chi connectivity index (χ0) is 22.5. The van der Waals surface area contributed by atoms with E-state index in [2.05, 4.69) is 20.9 Å². The van der Waals surface area contributed by atoms with Crippen LogP contribution in [0.1, 0.15) is 12.0 Å². The van der Waals surface area contributed by atoms with E-state index in [1.807, 2.05) is 59.5 Å². The summed E-state index contributed by atoms with van der Waals surface area (Å²) in [6.45, 7) is 0.792. The molecule has 0 fully saturated rings. The fourth-order valence-corrected chi connectivity index (χ4v) is 3.96. The van der Waals surface area contributed by atoms with E-state index in [0.29, 0.717) is 30.0 Å². The molecule has 0 radical (unpaired) electrons. The Balaban J connectivity index is 1.81. The molecule has 1 aromatic heterocycles. The highest BCUT2D eigenvalue weighted by Crippen LogP contribution is 2.30. The molecule has 0 bridgehead atoms. The van der Waals surface area contributed by atoms with Gasteiger partial charge in [0.15, 0.2) is 5.82 Å². The Morgan fingerprint density at radius 1 is 0.969 bits per heavy atom. The highest BCUT2D eigenvalue weighted by molar-refractivity contribution is 9.10. The molecule has 4 aromatic rings. The van der Waals surface area contributed by atoms with Crippen molar-refractivity contribution in [2.45, 2.75) is 12.8 Å². The molecule has 0 spiro atoms. The SMILES string of the molecule is O=C(O)CCN(CCc1ccccc1)c1nc(-c2cccc(Br)c2)nc2c(F)cccc12. The number of nitrogens with zero attached hydrogens (tertiary/aromatic N) is 3. The fourth-order valence-electron chi connectivity index (χ4n) is 3.56. The number of carboxylic acid groups (broad SMARTS) is 1. The molecular formula is C25H21BrFN3O2. The van der Waals surface area contributed by atoms with Crippen LogP contribution < -0.4 is 4.90 Å². The molecule has 162 valence electrons. The minimum Gasteiger partial charge on any atom is -0.481 e. The van der Waals surface area contributed by atoms with Crippen molar-refractivity contribution in [3.8, 4) is 11.4 Å². The van der Waals surface area contributed by atoms with Crippen molar-refractivity contribution in [1.29, 1.82) is 0 Å². The Morgan fingerprint density at radius 2 is 1.75 bits per heavy atom. The Bertz CT molecular complexity index is 1250. The van der Waals surface area contributed by atoms with E-state index in [0.717, 1.165) is 15.6 Å². The van der Waals surface area contributed by atoms with Crippen molar-refractivity contribution in [3.05, 3.63) is 88.6 Å². The van der Waals surface area contributed by atoms with Gasteiger partial charge >= 0.3 is 5.97 Å². The summed E-state index contributed by atoms with van der Waals surface area (Å²) in [5.74, 6) is -0.421. The lowest BCUT2D eigenvalue weighted by molar-refractivity contribution is -0.136. The number of anilines is 1. The van der Waals surface area contributed by atoms with Gasteiger partial charge in [-0.25, -0.2) is 14.4 Å². The van der Waals surface area contributed by atoms with Gasteiger partial charge in [-0.3, -0.25) is 4.79 Å². The van der Waals surface area contributed by atoms with E-state index < -0.39 is 11.8 Å². The molecule has 32 heavy (non-hydrogen) atoms. The van der Waals surface area contributed by atoms with E-state index in [9.17, 15) is 14.3 Å². The third kappa shape index (κ3) is 5.11. The van der Waals surface area contributed by atoms with Crippen LogP contribution in [0.15, 0.2) is 77.3 Å². The van der Waals surface area contributed by atoms with Gasteiger partial charge in [0.2, 0.25) is 0 Å². The fraction of sp³-hybridized carbons (Fsp3) is 0.160. The monoisotopic (exact) mass is 493 g/mol. The van der Waals surface area contributed by atoms with Crippen LogP contribution in [0.3, 0.4) is 0 Å². The maximum Gasteiger partial charge on any atom is 0.305 e. The van der Waals surface area contributed by atoms with Crippen LogP contribution >= 0.6 is 15.9 Å². The molecule has 1 N–H and O–H groups in total. The van der Waals surface area contributed by atoms with Gasteiger partial charge in [0, 0.05) is 28.5 Å². The zero-order valence-electron chi connectivity index (χ0n) is 17.2. The number of aliphatic carboxylic acids is 1. The lowest BCUT2D eigenvalue weighted by atomic mass is 10.1. The first-order valence-electron chi connectivity index (χ1n) is 10.2. The molecule has 0 atom stereocenters. The van der Waals surface area contributed by atoms with Crippen molar-refractivity contribution < 1.29 is 14.3 Å². The van der Waals surface area contributed by atoms with E-state index in [1.165, 1.54) is 6.07 Å². The largest absolute Gasteiger partial charge is 0.481 e. The molecule has 0 aliphatic carbocycles. The van der Waals surface area contributed by atoms with Crippen molar-refractivity contribution in [2.24, 2.45) is 0 Å². The Kier molecular flexibility index (Phi) is 6.75. The first-order chi connectivity index (χ1) is 15.5. The smallest absolute Gasteiger partial charge is 0.305 e. The van der Waals surface area contributed by atoms with Crippen LogP contribution in [0.5, 0.6) is 0 Å². The van der Waals surface area contributed by atoms with Crippen molar-refractivity contribution >= 4 is 38.6 Å².